The van der Waals surface area contributed by atoms with Crippen molar-refractivity contribution in [3.05, 3.63) is 35.1 Å². The molecule has 0 bridgehead atoms. The van der Waals surface area contributed by atoms with Crippen molar-refractivity contribution in [2.75, 3.05) is 19.6 Å². The van der Waals surface area contributed by atoms with Crippen LogP contribution < -0.4 is 0 Å². The fourth-order valence-corrected chi connectivity index (χ4v) is 6.27. The zero-order chi connectivity index (χ0) is 21.4. The van der Waals surface area contributed by atoms with E-state index in [-0.39, 0.29) is 17.5 Å². The predicted octanol–water partition coefficient (Wildman–Crippen LogP) is 4.02. The molecular formula is C20H26BrN3O4S. The zero-order valence-electron chi connectivity index (χ0n) is 17.1. The average molecular weight is 484 g/mol. The van der Waals surface area contributed by atoms with Gasteiger partial charge in [-0.1, -0.05) is 6.07 Å². The number of aromatic nitrogens is 1. The molecule has 3 rings (SSSR count). The number of halogens is 1. The van der Waals surface area contributed by atoms with E-state index >= 15 is 0 Å². The SMILES string of the molecule is C[C@H]1CN(C(=O)OC(C)(C)C)CCCN1S(=O)(=O)c1ccc2cnccc2c1Br. The average Bonchev–Trinajstić information content (AvgIpc) is 2.82. The van der Waals surface area contributed by atoms with E-state index in [4.69, 9.17) is 4.74 Å². The van der Waals surface area contributed by atoms with E-state index in [1.165, 1.54) is 4.31 Å². The fraction of sp³-hybridized carbons (Fsp3) is 0.500. The second-order valence-corrected chi connectivity index (χ2v) is 10.9. The minimum atomic E-state index is -3.75. The lowest BCUT2D eigenvalue weighted by molar-refractivity contribution is 0.0244. The number of hydrogen-bond donors (Lipinski definition) is 0. The van der Waals surface area contributed by atoms with Crippen molar-refractivity contribution in [2.24, 2.45) is 0 Å². The number of benzene rings is 1. The highest BCUT2D eigenvalue weighted by atomic mass is 79.9. The van der Waals surface area contributed by atoms with Gasteiger partial charge in [-0.05, 0) is 62.2 Å². The van der Waals surface area contributed by atoms with Crippen molar-refractivity contribution in [3.8, 4) is 0 Å². The molecule has 0 aliphatic carbocycles. The van der Waals surface area contributed by atoms with E-state index in [1.54, 1.807) is 35.5 Å². The number of carbonyl (C=O) groups excluding carboxylic acids is 1. The molecule has 1 aromatic carbocycles. The molecule has 0 radical (unpaired) electrons. The normalized spacial score (nSPS) is 19.2. The van der Waals surface area contributed by atoms with Gasteiger partial charge in [-0.2, -0.15) is 4.31 Å². The molecule has 1 saturated heterocycles. The number of pyridine rings is 1. The topological polar surface area (TPSA) is 79.8 Å². The van der Waals surface area contributed by atoms with Crippen molar-refractivity contribution in [1.82, 2.24) is 14.2 Å². The molecule has 1 aromatic heterocycles. The Morgan fingerprint density at radius 3 is 2.66 bits per heavy atom. The molecule has 1 aliphatic heterocycles. The Labute approximate surface area is 180 Å². The summed E-state index contributed by atoms with van der Waals surface area (Å²) in [5, 5.41) is 1.65. The highest BCUT2D eigenvalue weighted by molar-refractivity contribution is 9.10. The molecule has 2 aromatic rings. The Bertz CT molecular complexity index is 1020. The van der Waals surface area contributed by atoms with Crippen molar-refractivity contribution in [1.29, 1.82) is 0 Å². The Hall–Kier alpha value is -1.71. The predicted molar refractivity (Wildman–Crippen MR) is 115 cm³/mol. The van der Waals surface area contributed by atoms with Crippen molar-refractivity contribution < 1.29 is 17.9 Å². The lowest BCUT2D eigenvalue weighted by Crippen LogP contribution is -2.45. The first-order chi connectivity index (χ1) is 13.5. The van der Waals surface area contributed by atoms with Gasteiger partial charge < -0.3 is 9.64 Å². The van der Waals surface area contributed by atoms with Gasteiger partial charge in [-0.15, -0.1) is 0 Å². The highest BCUT2D eigenvalue weighted by Gasteiger charge is 2.35. The van der Waals surface area contributed by atoms with Crippen LogP contribution in [0.5, 0.6) is 0 Å². The number of nitrogens with zero attached hydrogens (tertiary/aromatic N) is 3. The molecule has 0 unspecified atom stereocenters. The smallest absolute Gasteiger partial charge is 0.410 e. The van der Waals surface area contributed by atoms with Gasteiger partial charge in [0.15, 0.2) is 0 Å². The summed E-state index contributed by atoms with van der Waals surface area (Å²) in [7, 11) is -3.75. The van der Waals surface area contributed by atoms with E-state index in [1.807, 2.05) is 27.7 Å². The number of ether oxygens (including phenoxy) is 1. The van der Waals surface area contributed by atoms with E-state index in [0.29, 0.717) is 24.0 Å². The molecule has 0 saturated carbocycles. The second-order valence-electron chi connectivity index (χ2n) is 8.22. The van der Waals surface area contributed by atoms with Gasteiger partial charge in [-0.25, -0.2) is 13.2 Å². The van der Waals surface area contributed by atoms with Crippen LogP contribution in [0.4, 0.5) is 4.79 Å². The number of amides is 1. The molecule has 29 heavy (non-hydrogen) atoms. The summed E-state index contributed by atoms with van der Waals surface area (Å²) in [5.41, 5.74) is -0.594. The van der Waals surface area contributed by atoms with Crippen LogP contribution in [0, 0.1) is 0 Å². The van der Waals surface area contributed by atoms with Gasteiger partial charge >= 0.3 is 6.09 Å². The number of sulfonamides is 1. The maximum Gasteiger partial charge on any atom is 0.410 e. The minimum absolute atomic E-state index is 0.216. The summed E-state index contributed by atoms with van der Waals surface area (Å²) in [5.74, 6) is 0. The van der Waals surface area contributed by atoms with E-state index in [2.05, 4.69) is 20.9 Å². The van der Waals surface area contributed by atoms with Gasteiger partial charge in [0.2, 0.25) is 10.0 Å². The summed E-state index contributed by atoms with van der Waals surface area (Å²) in [6.45, 7) is 8.34. The molecule has 0 N–H and O–H groups in total. The van der Waals surface area contributed by atoms with Gasteiger partial charge in [0, 0.05) is 53.3 Å². The largest absolute Gasteiger partial charge is 0.444 e. The first kappa shape index (κ1) is 22.0. The third-order valence-electron chi connectivity index (χ3n) is 4.74. The van der Waals surface area contributed by atoms with E-state index in [0.717, 1.165) is 10.8 Å². The van der Waals surface area contributed by atoms with Crippen LogP contribution in [0.25, 0.3) is 10.8 Å². The van der Waals surface area contributed by atoms with E-state index < -0.39 is 21.7 Å². The first-order valence-corrected chi connectivity index (χ1v) is 11.8. The summed E-state index contributed by atoms with van der Waals surface area (Å²) in [6, 6.07) is 4.77. The van der Waals surface area contributed by atoms with Crippen LogP contribution >= 0.6 is 15.9 Å². The number of fused-ring (bicyclic) bond motifs is 1. The Morgan fingerprint density at radius 1 is 1.24 bits per heavy atom. The van der Waals surface area contributed by atoms with Crippen LogP contribution in [0.3, 0.4) is 0 Å². The standard InChI is InChI=1S/C20H26BrN3O4S/c1-14-13-23(19(25)28-20(2,3)4)10-5-11-24(14)29(26,27)17-7-6-15-12-22-9-8-16(15)18(17)21/h6-9,12,14H,5,10-11,13H2,1-4H3/t14-/m0/s1. The van der Waals surface area contributed by atoms with Crippen LogP contribution in [-0.4, -0.2) is 60.0 Å². The van der Waals surface area contributed by atoms with Crippen molar-refractivity contribution >= 4 is 42.8 Å². The molecule has 1 fully saturated rings. The Morgan fingerprint density at radius 2 is 1.97 bits per heavy atom. The quantitative estimate of drug-likeness (QED) is 0.644. The molecule has 9 heteroatoms. The third-order valence-corrected chi connectivity index (χ3v) is 7.91. The summed E-state index contributed by atoms with van der Waals surface area (Å²) in [4.78, 5) is 18.3. The maximum atomic E-state index is 13.5. The summed E-state index contributed by atoms with van der Waals surface area (Å²) < 4.78 is 34.4. The Balaban J connectivity index is 1.88. The van der Waals surface area contributed by atoms with E-state index in [9.17, 15) is 13.2 Å². The minimum Gasteiger partial charge on any atom is -0.444 e. The van der Waals surface area contributed by atoms with Crippen LogP contribution in [-0.2, 0) is 14.8 Å². The lowest BCUT2D eigenvalue weighted by atomic mass is 10.2. The molecule has 0 spiro atoms. The van der Waals surface area contributed by atoms with Crippen LogP contribution in [0.1, 0.15) is 34.1 Å². The second kappa shape index (κ2) is 8.20. The number of carbonyl (C=O) groups is 1. The zero-order valence-corrected chi connectivity index (χ0v) is 19.5. The third kappa shape index (κ3) is 4.73. The first-order valence-electron chi connectivity index (χ1n) is 9.53. The van der Waals surface area contributed by atoms with Crippen LogP contribution in [0.15, 0.2) is 40.0 Å². The summed E-state index contributed by atoms with van der Waals surface area (Å²) >= 11 is 3.47. The van der Waals surface area contributed by atoms with Gasteiger partial charge in [0.25, 0.3) is 0 Å². The van der Waals surface area contributed by atoms with Crippen LogP contribution in [0.2, 0.25) is 0 Å². The van der Waals surface area contributed by atoms with Crippen molar-refractivity contribution in [2.45, 2.75) is 50.7 Å². The molecular weight excluding hydrogens is 458 g/mol. The maximum absolute atomic E-state index is 13.5. The number of rotatable bonds is 2. The fourth-order valence-electron chi connectivity index (χ4n) is 3.42. The monoisotopic (exact) mass is 483 g/mol. The lowest BCUT2D eigenvalue weighted by Gasteiger charge is -2.30. The van der Waals surface area contributed by atoms with Gasteiger partial charge in [-0.3, -0.25) is 4.98 Å². The molecule has 158 valence electrons. The summed E-state index contributed by atoms with van der Waals surface area (Å²) in [6.07, 6.45) is 3.46. The van der Waals surface area contributed by atoms with Gasteiger partial charge in [0.05, 0.1) is 4.90 Å². The van der Waals surface area contributed by atoms with Gasteiger partial charge in [0.1, 0.15) is 5.60 Å². The highest BCUT2D eigenvalue weighted by Crippen LogP contribution is 2.33. The molecule has 1 atom stereocenters. The molecule has 1 amide bonds. The Kier molecular flexibility index (Phi) is 6.21. The number of hydrogen-bond acceptors (Lipinski definition) is 5. The molecule has 7 nitrogen and oxygen atoms in total. The molecule has 2 heterocycles. The molecule has 1 aliphatic rings. The van der Waals surface area contributed by atoms with Crippen molar-refractivity contribution in [3.63, 3.8) is 0 Å².